The van der Waals surface area contributed by atoms with Crippen molar-refractivity contribution in [2.75, 3.05) is 17.2 Å². The molecule has 0 bridgehead atoms. The number of anilines is 2. The summed E-state index contributed by atoms with van der Waals surface area (Å²) in [7, 11) is 0. The zero-order valence-corrected chi connectivity index (χ0v) is 13.6. The minimum atomic E-state index is -1.04. The van der Waals surface area contributed by atoms with E-state index in [2.05, 4.69) is 15.8 Å². The molecule has 2 N–H and O–H groups in total. The number of nitrogens with zero attached hydrogens (tertiary/aromatic N) is 1. The van der Waals surface area contributed by atoms with E-state index in [1.807, 2.05) is 6.92 Å². The van der Waals surface area contributed by atoms with Crippen LogP contribution < -0.4 is 15.4 Å². The predicted octanol–water partition coefficient (Wildman–Crippen LogP) is 2.74. The highest BCUT2D eigenvalue weighted by molar-refractivity contribution is 6.16. The highest BCUT2D eigenvalue weighted by Gasteiger charge is 2.56. The maximum atomic E-state index is 12.5. The topological polar surface area (TPSA) is 93.5 Å². The summed E-state index contributed by atoms with van der Waals surface area (Å²) in [4.78, 5) is 24.9. The van der Waals surface area contributed by atoms with Crippen LogP contribution in [-0.2, 0) is 9.59 Å². The lowest BCUT2D eigenvalue weighted by atomic mass is 10.1. The van der Waals surface area contributed by atoms with Crippen molar-refractivity contribution in [1.82, 2.24) is 5.16 Å². The van der Waals surface area contributed by atoms with Crippen molar-refractivity contribution in [2.24, 2.45) is 5.41 Å². The molecule has 0 radical (unpaired) electrons. The van der Waals surface area contributed by atoms with Gasteiger partial charge in [0.05, 0.1) is 6.61 Å². The lowest BCUT2D eigenvalue weighted by molar-refractivity contribution is -0.131. The number of hydrogen-bond acceptors (Lipinski definition) is 5. The lowest BCUT2D eigenvalue weighted by Crippen LogP contribution is -2.35. The van der Waals surface area contributed by atoms with Crippen LogP contribution in [0.25, 0.3) is 0 Å². The second-order valence-electron chi connectivity index (χ2n) is 5.77. The van der Waals surface area contributed by atoms with Gasteiger partial charge in [0, 0.05) is 11.8 Å². The first-order chi connectivity index (χ1) is 11.5. The van der Waals surface area contributed by atoms with Gasteiger partial charge in [0.1, 0.15) is 16.9 Å². The second kappa shape index (κ2) is 6.35. The van der Waals surface area contributed by atoms with Gasteiger partial charge in [-0.15, -0.1) is 0 Å². The third-order valence-electron chi connectivity index (χ3n) is 3.91. The molecule has 0 aliphatic heterocycles. The Balaban J connectivity index is 1.64. The molecule has 126 valence electrons. The van der Waals surface area contributed by atoms with Gasteiger partial charge in [-0.2, -0.15) is 0 Å². The van der Waals surface area contributed by atoms with E-state index < -0.39 is 5.41 Å². The van der Waals surface area contributed by atoms with Gasteiger partial charge < -0.3 is 19.9 Å². The van der Waals surface area contributed by atoms with Crippen LogP contribution in [0, 0.1) is 12.3 Å². The summed E-state index contributed by atoms with van der Waals surface area (Å²) in [6.07, 6.45) is 1.02. The van der Waals surface area contributed by atoms with Crippen LogP contribution in [-0.4, -0.2) is 23.6 Å². The van der Waals surface area contributed by atoms with Crippen molar-refractivity contribution in [3.63, 3.8) is 0 Å². The largest absolute Gasteiger partial charge is 0.494 e. The minimum Gasteiger partial charge on any atom is -0.494 e. The number of ether oxygens (including phenoxy) is 1. The van der Waals surface area contributed by atoms with Gasteiger partial charge in [-0.25, -0.2) is 0 Å². The van der Waals surface area contributed by atoms with Gasteiger partial charge in [-0.1, -0.05) is 5.16 Å². The highest BCUT2D eigenvalue weighted by atomic mass is 16.5. The molecule has 0 atom stereocenters. The fourth-order valence-corrected chi connectivity index (χ4v) is 2.40. The zero-order valence-electron chi connectivity index (χ0n) is 13.6. The smallest absolute Gasteiger partial charge is 0.241 e. The summed E-state index contributed by atoms with van der Waals surface area (Å²) in [6, 6.07) is 8.65. The minimum absolute atomic E-state index is 0.315. The third-order valence-corrected chi connectivity index (χ3v) is 3.91. The molecule has 0 spiro atoms. The Hall–Kier alpha value is -2.83. The van der Waals surface area contributed by atoms with E-state index in [4.69, 9.17) is 9.26 Å². The van der Waals surface area contributed by atoms with Crippen LogP contribution in [0.5, 0.6) is 5.75 Å². The first-order valence-electron chi connectivity index (χ1n) is 7.82. The molecule has 1 saturated carbocycles. The number of aromatic nitrogens is 1. The summed E-state index contributed by atoms with van der Waals surface area (Å²) in [5.74, 6) is 0.964. The zero-order chi connectivity index (χ0) is 17.2. The van der Waals surface area contributed by atoms with Crippen LogP contribution in [0.3, 0.4) is 0 Å². The molecule has 7 nitrogen and oxygen atoms in total. The Morgan fingerprint density at radius 3 is 2.42 bits per heavy atom. The fraction of sp³-hybridized carbons (Fsp3) is 0.353. The Labute approximate surface area is 139 Å². The van der Waals surface area contributed by atoms with Crippen LogP contribution in [0.15, 0.2) is 34.9 Å². The number of nitrogens with one attached hydrogen (secondary N) is 2. The van der Waals surface area contributed by atoms with E-state index in [-0.39, 0.29) is 11.8 Å². The molecule has 1 fully saturated rings. The summed E-state index contributed by atoms with van der Waals surface area (Å²) < 4.78 is 10.3. The number of carbonyl (C=O) groups excluding carboxylic acids is 2. The predicted molar refractivity (Wildman–Crippen MR) is 87.8 cm³/mol. The van der Waals surface area contributed by atoms with Crippen molar-refractivity contribution < 1.29 is 18.8 Å². The van der Waals surface area contributed by atoms with Crippen molar-refractivity contribution in [2.45, 2.75) is 26.7 Å². The van der Waals surface area contributed by atoms with Gasteiger partial charge in [0.25, 0.3) is 0 Å². The summed E-state index contributed by atoms with van der Waals surface area (Å²) in [6.45, 7) is 4.21. The number of carbonyl (C=O) groups is 2. The van der Waals surface area contributed by atoms with Crippen molar-refractivity contribution >= 4 is 23.3 Å². The first-order valence-corrected chi connectivity index (χ1v) is 7.82. The van der Waals surface area contributed by atoms with Crippen molar-refractivity contribution in [3.05, 3.63) is 36.1 Å². The van der Waals surface area contributed by atoms with Gasteiger partial charge in [-0.3, -0.25) is 9.59 Å². The van der Waals surface area contributed by atoms with Crippen LogP contribution >= 0.6 is 0 Å². The van der Waals surface area contributed by atoms with E-state index in [9.17, 15) is 9.59 Å². The fourth-order valence-electron chi connectivity index (χ4n) is 2.40. The lowest BCUT2D eigenvalue weighted by Gasteiger charge is -2.14. The van der Waals surface area contributed by atoms with E-state index in [1.165, 1.54) is 0 Å². The number of hydrogen-bond donors (Lipinski definition) is 2. The normalized spacial score (nSPS) is 14.8. The maximum Gasteiger partial charge on any atom is 0.241 e. The maximum absolute atomic E-state index is 12.5. The molecule has 0 unspecified atom stereocenters. The molecular formula is C17H19N3O4. The molecule has 1 aromatic heterocycles. The average Bonchev–Trinajstić information content (AvgIpc) is 3.28. The molecule has 2 aromatic rings. The molecule has 1 aromatic carbocycles. The van der Waals surface area contributed by atoms with Gasteiger partial charge >= 0.3 is 0 Å². The monoisotopic (exact) mass is 329 g/mol. The summed E-state index contributed by atoms with van der Waals surface area (Å²) in [5.41, 5.74) is -0.411. The van der Waals surface area contributed by atoms with Crippen molar-refractivity contribution in [1.29, 1.82) is 0 Å². The number of aryl methyl sites for hydroxylation is 1. The molecule has 1 aliphatic carbocycles. The van der Waals surface area contributed by atoms with E-state index >= 15 is 0 Å². The van der Waals surface area contributed by atoms with E-state index in [0.29, 0.717) is 36.7 Å². The van der Waals surface area contributed by atoms with Gasteiger partial charge in [0.2, 0.25) is 11.8 Å². The van der Waals surface area contributed by atoms with Crippen LogP contribution in [0.2, 0.25) is 0 Å². The Morgan fingerprint density at radius 1 is 1.21 bits per heavy atom. The van der Waals surface area contributed by atoms with Crippen LogP contribution in [0.1, 0.15) is 25.5 Å². The SMILES string of the molecule is CCOc1ccc(NC(=O)C2(C(=O)Nc3cc(C)on3)CC2)cc1. The highest BCUT2D eigenvalue weighted by Crippen LogP contribution is 2.47. The molecule has 1 aliphatic rings. The van der Waals surface area contributed by atoms with Crippen molar-refractivity contribution in [3.8, 4) is 5.75 Å². The Kier molecular flexibility index (Phi) is 4.24. The molecule has 2 amide bonds. The molecular weight excluding hydrogens is 310 g/mol. The number of benzene rings is 1. The van der Waals surface area contributed by atoms with E-state index in [1.54, 1.807) is 37.3 Å². The Bertz CT molecular complexity index is 747. The van der Waals surface area contributed by atoms with Gasteiger partial charge in [0.15, 0.2) is 5.82 Å². The molecule has 1 heterocycles. The van der Waals surface area contributed by atoms with E-state index in [0.717, 1.165) is 5.75 Å². The quantitative estimate of drug-likeness (QED) is 0.795. The molecule has 7 heteroatoms. The summed E-state index contributed by atoms with van der Waals surface area (Å²) in [5, 5.41) is 9.14. The first kappa shape index (κ1) is 16.0. The molecule has 3 rings (SSSR count). The van der Waals surface area contributed by atoms with Crippen LogP contribution in [0.4, 0.5) is 11.5 Å². The average molecular weight is 329 g/mol. The standard InChI is InChI=1S/C17H19N3O4/c1-3-23-13-6-4-12(5-7-13)18-15(21)17(8-9-17)16(22)19-14-10-11(2)24-20-14/h4-7,10H,3,8-9H2,1-2H3,(H,18,21)(H,19,20,22). The third kappa shape index (κ3) is 3.24. The summed E-state index contributed by atoms with van der Waals surface area (Å²) >= 11 is 0. The molecule has 24 heavy (non-hydrogen) atoms. The molecule has 0 saturated heterocycles. The Morgan fingerprint density at radius 2 is 1.88 bits per heavy atom. The number of amides is 2. The second-order valence-corrected chi connectivity index (χ2v) is 5.77. The number of rotatable bonds is 6. The van der Waals surface area contributed by atoms with Gasteiger partial charge in [-0.05, 0) is 51.0 Å².